The molecule has 29 heavy (non-hydrogen) atoms. The molecule has 1 N–H and O–H groups in total. The first-order valence-electron chi connectivity index (χ1n) is 9.66. The lowest BCUT2D eigenvalue weighted by atomic mass is 9.98. The summed E-state index contributed by atoms with van der Waals surface area (Å²) in [6, 6.07) is 7.01. The van der Waals surface area contributed by atoms with Crippen LogP contribution in [0, 0.1) is 5.92 Å². The number of carbonyl (C=O) groups excluding carboxylic acids is 2. The van der Waals surface area contributed by atoms with Gasteiger partial charge in [-0.05, 0) is 38.0 Å². The molecule has 0 unspecified atom stereocenters. The van der Waals surface area contributed by atoms with Crippen LogP contribution in [0.3, 0.4) is 0 Å². The second-order valence-electron chi connectivity index (χ2n) is 6.92. The van der Waals surface area contributed by atoms with Gasteiger partial charge in [-0.25, -0.2) is 0 Å². The van der Waals surface area contributed by atoms with Crippen molar-refractivity contribution in [2.45, 2.75) is 26.4 Å². The van der Waals surface area contributed by atoms with Crippen LogP contribution in [-0.2, 0) is 16.1 Å². The third-order valence-electron chi connectivity index (χ3n) is 4.92. The van der Waals surface area contributed by atoms with E-state index in [9.17, 15) is 9.59 Å². The molecular weight excluding hydrogens is 378 g/mol. The number of rotatable bonds is 6. The second-order valence-corrected chi connectivity index (χ2v) is 6.92. The predicted molar refractivity (Wildman–Crippen MR) is 101 cm³/mol. The number of hydrogen-bond acceptors (Lipinski definition) is 7. The highest BCUT2D eigenvalue weighted by Crippen LogP contribution is 2.35. The summed E-state index contributed by atoms with van der Waals surface area (Å²) in [6.45, 7) is 3.51. The number of carbonyl (C=O) groups is 2. The molecule has 9 nitrogen and oxygen atoms in total. The van der Waals surface area contributed by atoms with Crippen molar-refractivity contribution in [2.75, 3.05) is 26.5 Å². The first kappa shape index (κ1) is 19.1. The van der Waals surface area contributed by atoms with Gasteiger partial charge in [0.25, 0.3) is 5.91 Å². The molecule has 1 fully saturated rings. The first-order chi connectivity index (χ1) is 14.1. The van der Waals surface area contributed by atoms with Gasteiger partial charge >= 0.3 is 5.97 Å². The van der Waals surface area contributed by atoms with Crippen molar-refractivity contribution in [3.05, 3.63) is 35.7 Å². The maximum Gasteiger partial charge on any atom is 0.310 e. The molecule has 9 heteroatoms. The number of piperidine rings is 1. The van der Waals surface area contributed by atoms with E-state index in [0.29, 0.717) is 48.3 Å². The number of benzene rings is 1. The Balaban J connectivity index is 1.34. The summed E-state index contributed by atoms with van der Waals surface area (Å²) in [7, 11) is 0. The van der Waals surface area contributed by atoms with Crippen molar-refractivity contribution < 1.29 is 28.5 Å². The lowest BCUT2D eigenvalue weighted by Gasteiger charge is -2.31. The third-order valence-corrected chi connectivity index (χ3v) is 4.92. The van der Waals surface area contributed by atoms with Crippen LogP contribution in [0.4, 0.5) is 0 Å². The summed E-state index contributed by atoms with van der Waals surface area (Å²) in [6.07, 6.45) is 1.50. The summed E-state index contributed by atoms with van der Waals surface area (Å²) < 4.78 is 21.4. The van der Waals surface area contributed by atoms with E-state index in [4.69, 9.17) is 18.9 Å². The quantitative estimate of drug-likeness (QED) is 0.740. The Morgan fingerprint density at radius 2 is 2.14 bits per heavy atom. The zero-order chi connectivity index (χ0) is 20.2. The SMILES string of the molecule is CCOC(=O)[C@@H]1CCCN(C(=O)c2cc(COc3ccc4c(c3)OCO4)[nH]n2)C1. The number of nitrogens with one attached hydrogen (secondary N) is 1. The standard InChI is InChI=1S/C20H23N3O6/c1-2-26-20(25)13-4-3-7-23(10-13)19(24)16-8-14(21-22-16)11-27-15-5-6-17-18(9-15)29-12-28-17/h5-6,8-9,13H,2-4,7,10-12H2,1H3,(H,21,22)/t13-/m1/s1. The monoisotopic (exact) mass is 401 g/mol. The molecule has 1 aromatic heterocycles. The molecule has 0 radical (unpaired) electrons. The molecule has 1 atom stereocenters. The van der Waals surface area contributed by atoms with Crippen molar-refractivity contribution in [3.63, 3.8) is 0 Å². The molecule has 2 aromatic rings. The minimum Gasteiger partial charge on any atom is -0.487 e. The lowest BCUT2D eigenvalue weighted by Crippen LogP contribution is -2.43. The maximum atomic E-state index is 12.8. The fourth-order valence-corrected chi connectivity index (χ4v) is 3.45. The van der Waals surface area contributed by atoms with E-state index in [1.54, 1.807) is 36.1 Å². The number of nitrogens with zero attached hydrogens (tertiary/aromatic N) is 2. The minimum absolute atomic E-state index is 0.204. The van der Waals surface area contributed by atoms with E-state index < -0.39 is 0 Å². The second kappa shape index (κ2) is 8.42. The topological polar surface area (TPSA) is 103 Å². The molecule has 154 valence electrons. The zero-order valence-corrected chi connectivity index (χ0v) is 16.2. The summed E-state index contributed by atoms with van der Waals surface area (Å²) in [5.74, 6) is 1.23. The van der Waals surface area contributed by atoms with Crippen LogP contribution >= 0.6 is 0 Å². The van der Waals surface area contributed by atoms with Crippen molar-refractivity contribution in [3.8, 4) is 17.2 Å². The Labute approximate surface area is 167 Å². The fraction of sp³-hybridized carbons (Fsp3) is 0.450. The number of amides is 1. The Morgan fingerprint density at radius 1 is 1.28 bits per heavy atom. The maximum absolute atomic E-state index is 12.8. The van der Waals surface area contributed by atoms with Crippen molar-refractivity contribution in [1.82, 2.24) is 15.1 Å². The Morgan fingerprint density at radius 3 is 3.00 bits per heavy atom. The van der Waals surface area contributed by atoms with E-state index in [1.165, 1.54) is 0 Å². The number of fused-ring (bicyclic) bond motifs is 1. The van der Waals surface area contributed by atoms with Crippen LogP contribution in [0.2, 0.25) is 0 Å². The normalized spacial score (nSPS) is 17.8. The van der Waals surface area contributed by atoms with Gasteiger partial charge in [0, 0.05) is 19.2 Å². The number of likely N-dealkylation sites (tertiary alicyclic amines) is 1. The van der Waals surface area contributed by atoms with E-state index >= 15 is 0 Å². The lowest BCUT2D eigenvalue weighted by molar-refractivity contribution is -0.149. The third kappa shape index (κ3) is 4.28. The molecule has 0 bridgehead atoms. The number of aromatic amines is 1. The number of ether oxygens (including phenoxy) is 4. The van der Waals surface area contributed by atoms with Gasteiger partial charge in [0.1, 0.15) is 12.4 Å². The summed E-state index contributed by atoms with van der Waals surface area (Å²) in [5, 5.41) is 6.94. The molecule has 0 spiro atoms. The summed E-state index contributed by atoms with van der Waals surface area (Å²) >= 11 is 0. The van der Waals surface area contributed by atoms with Gasteiger partial charge in [0.15, 0.2) is 17.2 Å². The van der Waals surface area contributed by atoms with Crippen LogP contribution in [0.15, 0.2) is 24.3 Å². The van der Waals surface area contributed by atoms with E-state index in [1.807, 2.05) is 0 Å². The molecule has 2 aliphatic heterocycles. The zero-order valence-electron chi connectivity index (χ0n) is 16.2. The molecule has 1 amide bonds. The summed E-state index contributed by atoms with van der Waals surface area (Å²) in [5.41, 5.74) is 0.976. The van der Waals surface area contributed by atoms with Gasteiger partial charge in [0.05, 0.1) is 18.2 Å². The van der Waals surface area contributed by atoms with Gasteiger partial charge in [0.2, 0.25) is 6.79 Å². The van der Waals surface area contributed by atoms with Crippen LogP contribution < -0.4 is 14.2 Å². The fourth-order valence-electron chi connectivity index (χ4n) is 3.45. The molecular formula is C20H23N3O6. The largest absolute Gasteiger partial charge is 0.487 e. The van der Waals surface area contributed by atoms with E-state index in [-0.39, 0.29) is 31.2 Å². The summed E-state index contributed by atoms with van der Waals surface area (Å²) in [4.78, 5) is 26.4. The van der Waals surface area contributed by atoms with E-state index in [2.05, 4.69) is 10.2 Å². The van der Waals surface area contributed by atoms with Crippen LogP contribution in [0.25, 0.3) is 0 Å². The highest BCUT2D eigenvalue weighted by molar-refractivity contribution is 5.92. The Bertz CT molecular complexity index is 896. The van der Waals surface area contributed by atoms with Crippen molar-refractivity contribution >= 4 is 11.9 Å². The smallest absolute Gasteiger partial charge is 0.310 e. The molecule has 0 saturated carbocycles. The van der Waals surface area contributed by atoms with Crippen molar-refractivity contribution in [1.29, 1.82) is 0 Å². The molecule has 3 heterocycles. The van der Waals surface area contributed by atoms with E-state index in [0.717, 1.165) is 12.8 Å². The molecule has 0 aliphatic carbocycles. The van der Waals surface area contributed by atoms with Gasteiger partial charge in [-0.3, -0.25) is 14.7 Å². The van der Waals surface area contributed by atoms with Crippen molar-refractivity contribution in [2.24, 2.45) is 5.92 Å². The van der Waals surface area contributed by atoms with Gasteiger partial charge in [-0.1, -0.05) is 0 Å². The first-order valence-corrected chi connectivity index (χ1v) is 9.66. The average molecular weight is 401 g/mol. The van der Waals surface area contributed by atoms with Crippen LogP contribution in [0.5, 0.6) is 17.2 Å². The average Bonchev–Trinajstić information content (AvgIpc) is 3.41. The molecule has 1 saturated heterocycles. The van der Waals surface area contributed by atoms with Crippen LogP contribution in [-0.4, -0.2) is 53.5 Å². The Hall–Kier alpha value is -3.23. The minimum atomic E-state index is -0.277. The predicted octanol–water partition coefficient (Wildman–Crippen LogP) is 2.13. The highest BCUT2D eigenvalue weighted by atomic mass is 16.7. The Kier molecular flexibility index (Phi) is 5.55. The number of esters is 1. The number of H-pyrrole nitrogens is 1. The molecule has 1 aromatic carbocycles. The molecule has 4 rings (SSSR count). The van der Waals surface area contributed by atoms with Gasteiger partial charge in [-0.15, -0.1) is 0 Å². The number of hydrogen-bond donors (Lipinski definition) is 1. The number of aromatic nitrogens is 2. The molecule has 2 aliphatic rings. The van der Waals surface area contributed by atoms with Gasteiger partial charge in [-0.2, -0.15) is 5.10 Å². The highest BCUT2D eigenvalue weighted by Gasteiger charge is 2.30. The van der Waals surface area contributed by atoms with Gasteiger partial charge < -0.3 is 23.8 Å². The van der Waals surface area contributed by atoms with Crippen LogP contribution in [0.1, 0.15) is 35.9 Å².